The van der Waals surface area contributed by atoms with Gasteiger partial charge in [-0.2, -0.15) is 5.10 Å². The average Bonchev–Trinajstić information content (AvgIpc) is 3.45. The minimum atomic E-state index is -0.173. The number of aromatic nitrogens is 6. The first-order chi connectivity index (χ1) is 14.7. The van der Waals surface area contributed by atoms with Crippen molar-refractivity contribution in [2.45, 2.75) is 25.0 Å². The highest BCUT2D eigenvalue weighted by Crippen LogP contribution is 2.34. The number of anilines is 1. The number of hydrogen-bond acceptors (Lipinski definition) is 8. The van der Waals surface area contributed by atoms with Crippen molar-refractivity contribution < 1.29 is 4.79 Å². The van der Waals surface area contributed by atoms with E-state index < -0.39 is 0 Å². The third-order valence-electron chi connectivity index (χ3n) is 4.79. The fourth-order valence-electron chi connectivity index (χ4n) is 3.54. The van der Waals surface area contributed by atoms with Gasteiger partial charge < -0.3 is 10.3 Å². The second kappa shape index (κ2) is 8.00. The zero-order valence-electron chi connectivity index (χ0n) is 15.8. The van der Waals surface area contributed by atoms with Gasteiger partial charge in [0.05, 0.1) is 22.6 Å². The van der Waals surface area contributed by atoms with Crippen molar-refractivity contribution in [2.24, 2.45) is 0 Å². The molecule has 0 spiro atoms. The maximum atomic E-state index is 12.5. The van der Waals surface area contributed by atoms with E-state index in [0.29, 0.717) is 23.1 Å². The average molecular weight is 440 g/mol. The molecule has 1 aliphatic rings. The number of rotatable bonds is 6. The normalized spacial score (nSPS) is 12.9. The lowest BCUT2D eigenvalue weighted by atomic mass is 10.2. The molecule has 0 radical (unpaired) electrons. The quantitative estimate of drug-likeness (QED) is 0.473. The molecule has 1 aliphatic carbocycles. The molecular weight excluding hydrogens is 422 g/mol. The summed E-state index contributed by atoms with van der Waals surface area (Å²) in [6.07, 6.45) is 7.65. The van der Waals surface area contributed by atoms with Crippen molar-refractivity contribution in [1.29, 1.82) is 0 Å². The third kappa shape index (κ3) is 3.61. The van der Waals surface area contributed by atoms with Crippen LogP contribution in [0.3, 0.4) is 0 Å². The van der Waals surface area contributed by atoms with Crippen molar-refractivity contribution in [3.8, 4) is 5.82 Å². The van der Waals surface area contributed by atoms with Gasteiger partial charge in [0.15, 0.2) is 5.82 Å². The molecule has 0 aromatic carbocycles. The second-order valence-corrected chi connectivity index (χ2v) is 8.87. The fraction of sp³-hybridized carbons (Fsp3) is 0.263. The van der Waals surface area contributed by atoms with Crippen molar-refractivity contribution in [2.75, 3.05) is 11.1 Å². The predicted octanol–water partition coefficient (Wildman–Crippen LogP) is 2.32. The van der Waals surface area contributed by atoms with Crippen LogP contribution in [0.15, 0.2) is 35.8 Å². The Hall–Kier alpha value is -3.05. The number of amides is 1. The highest BCUT2D eigenvalue weighted by atomic mass is 32.2. The summed E-state index contributed by atoms with van der Waals surface area (Å²) in [7, 11) is 0. The van der Waals surface area contributed by atoms with Gasteiger partial charge in [-0.05, 0) is 37.0 Å². The second-order valence-electron chi connectivity index (χ2n) is 6.81. The van der Waals surface area contributed by atoms with Crippen molar-refractivity contribution in [1.82, 2.24) is 29.7 Å². The van der Waals surface area contributed by atoms with Crippen LogP contribution in [0.1, 0.15) is 22.7 Å². The van der Waals surface area contributed by atoms with E-state index in [2.05, 4.69) is 30.4 Å². The maximum absolute atomic E-state index is 12.5. The summed E-state index contributed by atoms with van der Waals surface area (Å²) in [5.41, 5.74) is 1.64. The fourth-order valence-corrected chi connectivity index (χ4v) is 5.51. The van der Waals surface area contributed by atoms with Gasteiger partial charge in [0, 0.05) is 11.1 Å². The molecule has 1 amide bonds. The molecule has 0 aliphatic heterocycles. The largest absolute Gasteiger partial charge is 0.322 e. The van der Waals surface area contributed by atoms with E-state index in [1.807, 2.05) is 0 Å². The van der Waals surface area contributed by atoms with E-state index in [0.717, 1.165) is 29.5 Å². The Labute approximate surface area is 179 Å². The molecule has 0 unspecified atom stereocenters. The summed E-state index contributed by atoms with van der Waals surface area (Å²) < 4.78 is 1.49. The maximum Gasteiger partial charge on any atom is 0.259 e. The van der Waals surface area contributed by atoms with Gasteiger partial charge in [0.25, 0.3) is 5.56 Å². The van der Waals surface area contributed by atoms with Crippen LogP contribution in [-0.2, 0) is 23.4 Å². The topological polar surface area (TPSA) is 118 Å². The zero-order valence-corrected chi connectivity index (χ0v) is 17.4. The molecule has 0 bridgehead atoms. The molecule has 4 aromatic rings. The Morgan fingerprint density at radius 1 is 1.37 bits per heavy atom. The molecule has 4 heterocycles. The molecule has 9 nitrogen and oxygen atoms in total. The summed E-state index contributed by atoms with van der Waals surface area (Å²) >= 11 is 3.01. The molecular formula is C19H17N7O2S2. The molecule has 2 N–H and O–H groups in total. The molecule has 0 fully saturated rings. The summed E-state index contributed by atoms with van der Waals surface area (Å²) in [4.78, 5) is 42.6. The first-order valence-electron chi connectivity index (χ1n) is 9.40. The molecule has 152 valence electrons. The van der Waals surface area contributed by atoms with Gasteiger partial charge in [-0.3, -0.25) is 9.59 Å². The lowest BCUT2D eigenvalue weighted by Gasteiger charge is -2.09. The lowest BCUT2D eigenvalue weighted by molar-refractivity contribution is -0.113. The summed E-state index contributed by atoms with van der Waals surface area (Å²) in [5, 5.41) is 7.65. The summed E-state index contributed by atoms with van der Waals surface area (Å²) in [6, 6.07) is 3.50. The van der Waals surface area contributed by atoms with Crippen LogP contribution in [-0.4, -0.2) is 41.4 Å². The number of nitrogens with zero attached hydrogens (tertiary/aromatic N) is 5. The molecule has 11 heteroatoms. The van der Waals surface area contributed by atoms with Gasteiger partial charge in [-0.15, -0.1) is 23.1 Å². The Bertz CT molecular complexity index is 1280. The molecule has 4 aromatic heterocycles. The Morgan fingerprint density at radius 3 is 3.17 bits per heavy atom. The van der Waals surface area contributed by atoms with E-state index in [4.69, 9.17) is 0 Å². The minimum Gasteiger partial charge on any atom is -0.322 e. The van der Waals surface area contributed by atoms with Crippen LogP contribution in [0.2, 0.25) is 0 Å². The van der Waals surface area contributed by atoms with E-state index in [9.17, 15) is 9.59 Å². The van der Waals surface area contributed by atoms with E-state index >= 15 is 0 Å². The van der Waals surface area contributed by atoms with Gasteiger partial charge in [0.2, 0.25) is 5.91 Å². The number of hydrogen-bond donors (Lipinski definition) is 2. The molecule has 30 heavy (non-hydrogen) atoms. The number of carbonyl (C=O) groups excluding carboxylic acids is 1. The Balaban J connectivity index is 1.24. The van der Waals surface area contributed by atoms with E-state index in [1.165, 1.54) is 39.5 Å². The van der Waals surface area contributed by atoms with Crippen LogP contribution < -0.4 is 10.9 Å². The number of carbonyl (C=O) groups is 1. The SMILES string of the molecule is O=C(CSCc1nc2sc3c(c2c(=O)[nH]1)CCC3)Nc1cccnc1-n1cncn1. The number of thiophene rings is 1. The van der Waals surface area contributed by atoms with Gasteiger partial charge in [-0.1, -0.05) is 0 Å². The van der Waals surface area contributed by atoms with Gasteiger partial charge >= 0.3 is 0 Å². The number of pyridine rings is 1. The van der Waals surface area contributed by atoms with Crippen LogP contribution in [0.4, 0.5) is 5.69 Å². The summed E-state index contributed by atoms with van der Waals surface area (Å²) in [6.45, 7) is 0. The predicted molar refractivity (Wildman–Crippen MR) is 116 cm³/mol. The molecule has 0 atom stereocenters. The van der Waals surface area contributed by atoms with Gasteiger partial charge in [0.1, 0.15) is 23.3 Å². The third-order valence-corrected chi connectivity index (χ3v) is 6.92. The summed E-state index contributed by atoms with van der Waals surface area (Å²) in [5.74, 6) is 1.58. The van der Waals surface area contributed by atoms with Crippen LogP contribution in [0.5, 0.6) is 0 Å². The lowest BCUT2D eigenvalue weighted by Crippen LogP contribution is -2.17. The van der Waals surface area contributed by atoms with Gasteiger partial charge in [-0.25, -0.2) is 19.6 Å². The number of aromatic amines is 1. The van der Waals surface area contributed by atoms with Crippen LogP contribution in [0.25, 0.3) is 16.0 Å². The van der Waals surface area contributed by atoms with Crippen molar-refractivity contribution in [3.05, 3.63) is 57.6 Å². The van der Waals surface area contributed by atoms with Crippen molar-refractivity contribution in [3.63, 3.8) is 0 Å². The number of nitrogens with one attached hydrogen (secondary N) is 2. The highest BCUT2D eigenvalue weighted by molar-refractivity contribution is 7.99. The Morgan fingerprint density at radius 2 is 2.30 bits per heavy atom. The first-order valence-corrected chi connectivity index (χ1v) is 11.4. The van der Waals surface area contributed by atoms with E-state index in [1.54, 1.807) is 29.7 Å². The van der Waals surface area contributed by atoms with Crippen LogP contribution >= 0.6 is 23.1 Å². The molecule has 0 saturated heterocycles. The zero-order chi connectivity index (χ0) is 20.5. The standard InChI is InChI=1S/C19H17N7O2S2/c27-15(23-12-4-2-6-21-17(12)26-10-20-9-22-26)8-29-7-14-24-18(28)16-11-3-1-5-13(11)30-19(16)25-14/h2,4,6,9-10H,1,3,5,7-8H2,(H,23,27)(H,24,25,28). The Kier molecular flexibility index (Phi) is 5.05. The number of H-pyrrole nitrogens is 1. The number of thioether (sulfide) groups is 1. The van der Waals surface area contributed by atoms with Crippen LogP contribution in [0, 0.1) is 0 Å². The van der Waals surface area contributed by atoms with Crippen molar-refractivity contribution >= 4 is 44.9 Å². The minimum absolute atomic E-state index is 0.0766. The monoisotopic (exact) mass is 439 g/mol. The molecule has 5 rings (SSSR count). The number of fused-ring (bicyclic) bond motifs is 3. The smallest absolute Gasteiger partial charge is 0.259 e. The van der Waals surface area contributed by atoms with E-state index in [-0.39, 0.29) is 17.2 Å². The molecule has 0 saturated carbocycles. The first kappa shape index (κ1) is 18.9. The highest BCUT2D eigenvalue weighted by Gasteiger charge is 2.21. The number of aryl methyl sites for hydroxylation is 2.